The normalized spacial score (nSPS) is 14.3. The van der Waals surface area contributed by atoms with Crippen LogP contribution in [0.4, 0.5) is 23.8 Å². The summed E-state index contributed by atoms with van der Waals surface area (Å²) in [6.45, 7) is 5.84. The Hall–Kier alpha value is -3.04. The summed E-state index contributed by atoms with van der Waals surface area (Å²) in [6, 6.07) is 4.55. The number of hydrogen-bond donors (Lipinski definition) is 2. The molecule has 1 aromatic heterocycles. The number of aromatic amines is 1. The highest BCUT2D eigenvalue weighted by atomic mass is 19.4. The molecule has 156 valence electrons. The van der Waals surface area contributed by atoms with Crippen molar-refractivity contribution in [2.24, 2.45) is 0 Å². The first-order valence-electron chi connectivity index (χ1n) is 8.97. The number of hydrogen-bond acceptors (Lipinski definition) is 4. The molecule has 0 saturated heterocycles. The van der Waals surface area contributed by atoms with Gasteiger partial charge in [0.2, 0.25) is 0 Å². The molecule has 1 aromatic carbocycles. The molecule has 2 aromatic rings. The Bertz CT molecular complexity index is 932. The van der Waals surface area contributed by atoms with Crippen molar-refractivity contribution in [3.05, 3.63) is 46.6 Å². The Morgan fingerprint density at radius 2 is 1.90 bits per heavy atom. The third-order valence-corrected chi connectivity index (χ3v) is 4.29. The monoisotopic (exact) mass is 410 g/mol. The lowest BCUT2D eigenvalue weighted by Gasteiger charge is -2.29. The van der Waals surface area contributed by atoms with Crippen molar-refractivity contribution in [1.82, 2.24) is 15.1 Å². The average Bonchev–Trinajstić information content (AvgIpc) is 3.01. The van der Waals surface area contributed by atoms with E-state index in [1.165, 1.54) is 17.0 Å². The molecule has 2 N–H and O–H groups in total. The Morgan fingerprint density at radius 3 is 2.55 bits per heavy atom. The number of benzene rings is 1. The number of anilines is 1. The first-order chi connectivity index (χ1) is 13.5. The van der Waals surface area contributed by atoms with Crippen LogP contribution in [0.25, 0.3) is 0 Å². The second-order valence-electron chi connectivity index (χ2n) is 7.68. The maximum atomic E-state index is 13.1. The van der Waals surface area contributed by atoms with Crippen molar-refractivity contribution >= 4 is 17.8 Å². The van der Waals surface area contributed by atoms with E-state index in [1.807, 2.05) is 0 Å². The summed E-state index contributed by atoms with van der Waals surface area (Å²) in [7, 11) is 0. The molecule has 0 atom stereocenters. The molecule has 0 aliphatic carbocycles. The third-order valence-electron chi connectivity index (χ3n) is 4.29. The fraction of sp³-hybridized carbons (Fsp3) is 0.421. The molecule has 2 heterocycles. The van der Waals surface area contributed by atoms with Crippen LogP contribution in [0.5, 0.6) is 0 Å². The van der Waals surface area contributed by atoms with Gasteiger partial charge in [-0.25, -0.2) is 4.79 Å². The van der Waals surface area contributed by atoms with Gasteiger partial charge in [0, 0.05) is 12.1 Å². The smallest absolute Gasteiger partial charge is 0.417 e. The van der Waals surface area contributed by atoms with Crippen LogP contribution < -0.4 is 5.32 Å². The van der Waals surface area contributed by atoms with Gasteiger partial charge in [0.15, 0.2) is 5.82 Å². The number of aromatic nitrogens is 2. The molecule has 0 spiro atoms. The average molecular weight is 410 g/mol. The maximum Gasteiger partial charge on any atom is 0.417 e. The number of halogens is 3. The number of rotatable bonds is 2. The van der Waals surface area contributed by atoms with Crippen molar-refractivity contribution in [2.45, 2.75) is 45.5 Å². The fourth-order valence-electron chi connectivity index (χ4n) is 3.01. The van der Waals surface area contributed by atoms with Gasteiger partial charge in [-0.15, -0.1) is 0 Å². The van der Waals surface area contributed by atoms with Crippen molar-refractivity contribution in [1.29, 1.82) is 0 Å². The molecule has 29 heavy (non-hydrogen) atoms. The van der Waals surface area contributed by atoms with Gasteiger partial charge in [-0.05, 0) is 39.3 Å². The van der Waals surface area contributed by atoms with Gasteiger partial charge in [-0.2, -0.15) is 18.3 Å². The minimum atomic E-state index is -4.65. The van der Waals surface area contributed by atoms with Crippen LogP contribution in [-0.4, -0.2) is 39.2 Å². The third kappa shape index (κ3) is 4.69. The van der Waals surface area contributed by atoms with Crippen molar-refractivity contribution in [3.63, 3.8) is 0 Å². The number of fused-ring (bicyclic) bond motifs is 1. The standard InChI is InChI=1S/C19H21F3N4O3/c1-18(2,3)29-17(28)26-9-8-12-14(10-26)24-25-15(12)23-16(27)11-6-4-5-7-13(11)19(20,21)22/h4-7H,8-10H2,1-3H3,(H2,23,24,25,27). The zero-order valence-corrected chi connectivity index (χ0v) is 16.2. The summed E-state index contributed by atoms with van der Waals surface area (Å²) >= 11 is 0. The molecule has 2 amide bonds. The molecular weight excluding hydrogens is 389 g/mol. The van der Waals surface area contributed by atoms with E-state index in [0.29, 0.717) is 24.2 Å². The Balaban J connectivity index is 1.75. The second kappa shape index (κ2) is 7.41. The molecule has 3 rings (SSSR count). The molecule has 0 unspecified atom stereocenters. The Morgan fingerprint density at radius 1 is 1.21 bits per heavy atom. The van der Waals surface area contributed by atoms with E-state index < -0.39 is 34.9 Å². The van der Waals surface area contributed by atoms with Gasteiger partial charge in [0.1, 0.15) is 5.60 Å². The van der Waals surface area contributed by atoms with Crippen molar-refractivity contribution < 1.29 is 27.5 Å². The van der Waals surface area contributed by atoms with Crippen LogP contribution in [0.15, 0.2) is 24.3 Å². The van der Waals surface area contributed by atoms with Crippen LogP contribution in [0.2, 0.25) is 0 Å². The van der Waals surface area contributed by atoms with E-state index in [4.69, 9.17) is 4.74 Å². The summed E-state index contributed by atoms with van der Waals surface area (Å²) in [5.74, 6) is -0.743. The number of nitrogens with one attached hydrogen (secondary N) is 2. The molecule has 0 saturated carbocycles. The zero-order valence-electron chi connectivity index (χ0n) is 16.2. The van der Waals surface area contributed by atoms with E-state index in [-0.39, 0.29) is 12.4 Å². The van der Waals surface area contributed by atoms with Gasteiger partial charge in [0.05, 0.1) is 23.4 Å². The number of carbonyl (C=O) groups is 2. The van der Waals surface area contributed by atoms with Gasteiger partial charge in [0.25, 0.3) is 5.91 Å². The number of ether oxygens (including phenoxy) is 1. The summed E-state index contributed by atoms with van der Waals surface area (Å²) in [5, 5.41) is 9.19. The van der Waals surface area contributed by atoms with Crippen LogP contribution in [0.1, 0.15) is 48.0 Å². The lowest BCUT2D eigenvalue weighted by Crippen LogP contribution is -2.40. The van der Waals surface area contributed by atoms with E-state index in [2.05, 4.69) is 15.5 Å². The SMILES string of the molecule is CC(C)(C)OC(=O)N1CCc2c(NC(=O)c3ccccc3C(F)(F)F)n[nH]c2C1. The van der Waals surface area contributed by atoms with Crippen LogP contribution in [0, 0.1) is 0 Å². The molecule has 10 heteroatoms. The summed E-state index contributed by atoms with van der Waals surface area (Å²) < 4.78 is 44.8. The quantitative estimate of drug-likeness (QED) is 0.784. The molecular formula is C19H21F3N4O3. The predicted molar refractivity (Wildman–Crippen MR) is 98.3 cm³/mol. The Labute approximate surface area is 165 Å². The van der Waals surface area contributed by atoms with Crippen molar-refractivity contribution in [2.75, 3.05) is 11.9 Å². The number of carbonyl (C=O) groups excluding carboxylic acids is 2. The van der Waals surface area contributed by atoms with E-state index in [9.17, 15) is 22.8 Å². The number of nitrogens with zero attached hydrogens (tertiary/aromatic N) is 2. The largest absolute Gasteiger partial charge is 0.444 e. The van der Waals surface area contributed by atoms with Crippen LogP contribution >= 0.6 is 0 Å². The highest BCUT2D eigenvalue weighted by Crippen LogP contribution is 2.32. The fourth-order valence-corrected chi connectivity index (χ4v) is 3.01. The van der Waals surface area contributed by atoms with Gasteiger partial charge in [-0.3, -0.25) is 9.89 Å². The highest BCUT2D eigenvalue weighted by molar-refractivity contribution is 6.05. The van der Waals surface area contributed by atoms with Crippen LogP contribution in [-0.2, 0) is 23.9 Å². The molecule has 0 bridgehead atoms. The maximum absolute atomic E-state index is 13.1. The summed E-state index contributed by atoms with van der Waals surface area (Å²) in [4.78, 5) is 26.2. The number of H-pyrrole nitrogens is 1. The van der Waals surface area contributed by atoms with Gasteiger partial charge in [-0.1, -0.05) is 12.1 Å². The van der Waals surface area contributed by atoms with Gasteiger partial charge < -0.3 is 15.0 Å². The van der Waals surface area contributed by atoms with E-state index >= 15 is 0 Å². The van der Waals surface area contributed by atoms with Crippen molar-refractivity contribution in [3.8, 4) is 0 Å². The van der Waals surface area contributed by atoms with E-state index in [0.717, 1.165) is 12.1 Å². The minimum absolute atomic E-state index is 0.158. The topological polar surface area (TPSA) is 87.3 Å². The molecule has 1 aliphatic rings. The Kier molecular flexibility index (Phi) is 5.29. The molecule has 0 radical (unpaired) electrons. The first-order valence-corrected chi connectivity index (χ1v) is 8.97. The summed E-state index contributed by atoms with van der Waals surface area (Å²) in [5.41, 5.74) is -0.874. The second-order valence-corrected chi connectivity index (χ2v) is 7.68. The molecule has 1 aliphatic heterocycles. The van der Waals surface area contributed by atoms with Crippen LogP contribution in [0.3, 0.4) is 0 Å². The molecule has 7 nitrogen and oxygen atoms in total. The lowest BCUT2D eigenvalue weighted by molar-refractivity contribution is -0.137. The number of alkyl halides is 3. The predicted octanol–water partition coefficient (Wildman–Crippen LogP) is 3.97. The highest BCUT2D eigenvalue weighted by Gasteiger charge is 2.35. The minimum Gasteiger partial charge on any atom is -0.444 e. The number of amides is 2. The van der Waals surface area contributed by atoms with E-state index in [1.54, 1.807) is 20.8 Å². The zero-order chi connectivity index (χ0) is 21.4. The lowest BCUT2D eigenvalue weighted by atomic mass is 10.1. The van der Waals surface area contributed by atoms with Gasteiger partial charge >= 0.3 is 12.3 Å². The molecule has 0 fully saturated rings. The summed E-state index contributed by atoms with van der Waals surface area (Å²) in [6.07, 6.45) is -4.74. The first kappa shape index (κ1) is 20.7.